The molecule has 4 aromatic carbocycles. The number of hydrogen-bond acceptors (Lipinski definition) is 11. The van der Waals surface area contributed by atoms with E-state index in [4.69, 9.17) is 30.5 Å². The molecule has 5 aromatic rings. The highest BCUT2D eigenvalue weighted by atomic mass is 35.5. The number of methoxy groups -OCH3 is 3. The molecule has 10 nitrogen and oxygen atoms in total. The van der Waals surface area contributed by atoms with Gasteiger partial charge < -0.3 is 24.1 Å². The summed E-state index contributed by atoms with van der Waals surface area (Å²) in [5.74, 6) is -0.108. The number of rotatable bonds is 12. The number of aliphatic hydroxyl groups excluding tert-OH is 1. The lowest BCUT2D eigenvalue weighted by molar-refractivity contribution is -0.132. The van der Waals surface area contributed by atoms with Crippen molar-refractivity contribution in [3.63, 3.8) is 0 Å². The van der Waals surface area contributed by atoms with E-state index >= 15 is 0 Å². The largest absolute Gasteiger partial charge is 0.507 e. The van der Waals surface area contributed by atoms with E-state index in [-0.39, 0.29) is 16.5 Å². The molecule has 1 unspecified atom stereocenters. The Morgan fingerprint density at radius 3 is 2.30 bits per heavy atom. The fourth-order valence-corrected chi connectivity index (χ4v) is 7.70. The Hall–Kier alpha value is -5.04. The summed E-state index contributed by atoms with van der Waals surface area (Å²) in [6, 6.07) is 24.3. The monoisotopic (exact) mass is 729 g/mol. The van der Waals surface area contributed by atoms with Gasteiger partial charge in [-0.15, -0.1) is 10.2 Å². The molecule has 13 heteroatoms. The van der Waals surface area contributed by atoms with Gasteiger partial charge >= 0.3 is 5.91 Å². The number of Topliss-reactive ketones (excluding diaryl/α,β-unsaturated/α-hetero) is 1. The molecule has 50 heavy (non-hydrogen) atoms. The van der Waals surface area contributed by atoms with E-state index in [0.717, 1.165) is 28.0 Å². The number of hydrogen-bond donors (Lipinski definition) is 1. The maximum atomic E-state index is 13.8. The van der Waals surface area contributed by atoms with Gasteiger partial charge in [0.05, 0.1) is 32.9 Å². The van der Waals surface area contributed by atoms with Crippen LogP contribution in [0.5, 0.6) is 23.0 Å². The number of ketones is 1. The van der Waals surface area contributed by atoms with Gasteiger partial charge in [-0.1, -0.05) is 82.7 Å². The number of nitrogens with zero attached hydrogens (tertiary/aromatic N) is 3. The van der Waals surface area contributed by atoms with Gasteiger partial charge in [0.25, 0.3) is 5.78 Å². The van der Waals surface area contributed by atoms with Crippen molar-refractivity contribution < 1.29 is 33.6 Å². The second kappa shape index (κ2) is 15.2. The zero-order valence-electron chi connectivity index (χ0n) is 27.5. The summed E-state index contributed by atoms with van der Waals surface area (Å²) in [6.45, 7) is 2.38. The average molecular weight is 730 g/mol. The first kappa shape index (κ1) is 34.8. The molecule has 1 fully saturated rings. The summed E-state index contributed by atoms with van der Waals surface area (Å²) in [5.41, 5.74) is 3.66. The number of carbonyl (C=O) groups is 2. The lowest BCUT2D eigenvalue weighted by atomic mass is 9.94. The second-order valence-electron chi connectivity index (χ2n) is 11.2. The first-order valence-corrected chi connectivity index (χ1v) is 17.5. The van der Waals surface area contributed by atoms with Gasteiger partial charge in [-0.25, -0.2) is 0 Å². The molecule has 1 aromatic heterocycles. The van der Waals surface area contributed by atoms with E-state index < -0.39 is 17.7 Å². The number of amides is 1. The fraction of sp³-hybridized carbons (Fsp3) is 0.189. The van der Waals surface area contributed by atoms with E-state index in [2.05, 4.69) is 10.2 Å². The Kier molecular flexibility index (Phi) is 10.6. The summed E-state index contributed by atoms with van der Waals surface area (Å²) >= 11 is 8.89. The quantitative estimate of drug-likeness (QED) is 0.0444. The van der Waals surface area contributed by atoms with E-state index in [1.165, 1.54) is 38.0 Å². The van der Waals surface area contributed by atoms with Crippen molar-refractivity contribution in [1.82, 2.24) is 10.2 Å². The maximum absolute atomic E-state index is 13.8. The SMILES string of the molecule is COc1cc(C2/C(=C(\O)c3ccc(OCc4cccc(C)c4)cc3)C(=O)C(=O)N2c2nnc(SCc3ccccc3Cl)s2)cc(OC)c1OC. The Morgan fingerprint density at radius 1 is 0.920 bits per heavy atom. The minimum absolute atomic E-state index is 0.141. The van der Waals surface area contributed by atoms with Gasteiger partial charge in [0.15, 0.2) is 15.8 Å². The van der Waals surface area contributed by atoms with E-state index in [1.807, 2.05) is 55.5 Å². The highest BCUT2D eigenvalue weighted by Crippen LogP contribution is 2.48. The first-order valence-electron chi connectivity index (χ1n) is 15.3. The highest BCUT2D eigenvalue weighted by Gasteiger charge is 2.49. The molecule has 1 amide bonds. The van der Waals surface area contributed by atoms with Crippen LogP contribution in [0.15, 0.2) is 94.8 Å². The van der Waals surface area contributed by atoms with E-state index in [1.54, 1.807) is 36.4 Å². The summed E-state index contributed by atoms with van der Waals surface area (Å²) < 4.78 is 23.2. The molecule has 0 spiro atoms. The fourth-order valence-electron chi connectivity index (χ4n) is 5.55. The summed E-state index contributed by atoms with van der Waals surface area (Å²) in [5, 5.41) is 21.1. The van der Waals surface area contributed by atoms with Gasteiger partial charge in [-0.3, -0.25) is 14.5 Å². The van der Waals surface area contributed by atoms with Gasteiger partial charge in [-0.2, -0.15) is 0 Å². The van der Waals surface area contributed by atoms with Crippen LogP contribution in [0.3, 0.4) is 0 Å². The Bertz CT molecular complexity index is 2060. The molecule has 0 radical (unpaired) electrons. The van der Waals surface area contributed by atoms with Gasteiger partial charge in [0.1, 0.15) is 18.1 Å². The van der Waals surface area contributed by atoms with Crippen molar-refractivity contribution in [1.29, 1.82) is 0 Å². The zero-order chi connectivity index (χ0) is 35.4. The number of thioether (sulfide) groups is 1. The van der Waals surface area contributed by atoms with Crippen LogP contribution in [0, 0.1) is 6.92 Å². The number of carbonyl (C=O) groups excluding carboxylic acids is 2. The summed E-state index contributed by atoms with van der Waals surface area (Å²) in [6.07, 6.45) is 0. The van der Waals surface area contributed by atoms with E-state index in [0.29, 0.717) is 55.8 Å². The van der Waals surface area contributed by atoms with E-state index in [9.17, 15) is 14.7 Å². The molecule has 0 bridgehead atoms. The third-order valence-electron chi connectivity index (χ3n) is 7.97. The molecule has 2 heterocycles. The van der Waals surface area contributed by atoms with Crippen molar-refractivity contribution in [2.45, 2.75) is 29.7 Å². The number of aliphatic hydroxyl groups is 1. The van der Waals surface area contributed by atoms with Crippen molar-refractivity contribution in [3.8, 4) is 23.0 Å². The predicted octanol–water partition coefficient (Wildman–Crippen LogP) is 8.02. The zero-order valence-corrected chi connectivity index (χ0v) is 29.9. The van der Waals surface area contributed by atoms with Crippen molar-refractivity contribution in [2.75, 3.05) is 26.2 Å². The highest BCUT2D eigenvalue weighted by molar-refractivity contribution is 8.00. The van der Waals surface area contributed by atoms with Crippen LogP contribution < -0.4 is 23.8 Å². The topological polar surface area (TPSA) is 120 Å². The first-order chi connectivity index (χ1) is 24.2. The Balaban J connectivity index is 1.38. The van der Waals surface area contributed by atoms with Crippen LogP contribution in [0.2, 0.25) is 5.02 Å². The molecule has 1 aliphatic heterocycles. The van der Waals surface area contributed by atoms with Crippen molar-refractivity contribution >= 4 is 57.3 Å². The van der Waals surface area contributed by atoms with Crippen LogP contribution in [0.1, 0.15) is 33.9 Å². The smallest absolute Gasteiger partial charge is 0.301 e. The van der Waals surface area contributed by atoms with Crippen LogP contribution in [0.4, 0.5) is 5.13 Å². The molecule has 1 N–H and O–H groups in total. The summed E-state index contributed by atoms with van der Waals surface area (Å²) in [7, 11) is 4.41. The minimum Gasteiger partial charge on any atom is -0.507 e. The molecule has 1 aliphatic rings. The standard InChI is InChI=1S/C37H32ClN3O7S2/c1-21-8-7-9-22(16-21)19-48-26-14-12-23(13-15-26)32(42)30-31(25-17-28(45-2)34(47-4)29(18-25)46-3)41(35(44)33(30)43)36-39-40-37(50-36)49-20-24-10-5-6-11-27(24)38/h5-18,31,42H,19-20H2,1-4H3/b32-30+. The number of benzene rings is 4. The molecule has 256 valence electrons. The van der Waals surface area contributed by atoms with Crippen LogP contribution in [-0.2, 0) is 21.9 Å². The van der Waals surface area contributed by atoms with Crippen LogP contribution in [-0.4, -0.2) is 48.3 Å². The number of aryl methyl sites for hydroxylation is 1. The lowest BCUT2D eigenvalue weighted by Gasteiger charge is -2.24. The van der Waals surface area contributed by atoms with Gasteiger partial charge in [-0.05, 0) is 66.1 Å². The normalized spacial score (nSPS) is 15.3. The minimum atomic E-state index is -1.12. The van der Waals surface area contributed by atoms with Gasteiger partial charge in [0.2, 0.25) is 10.9 Å². The molecule has 0 aliphatic carbocycles. The third kappa shape index (κ3) is 7.14. The maximum Gasteiger partial charge on any atom is 0.301 e. The van der Waals surface area contributed by atoms with Crippen LogP contribution >= 0.6 is 34.7 Å². The molecule has 1 atom stereocenters. The average Bonchev–Trinajstić information content (AvgIpc) is 3.70. The second-order valence-corrected chi connectivity index (χ2v) is 13.7. The van der Waals surface area contributed by atoms with Crippen LogP contribution in [0.25, 0.3) is 5.76 Å². The third-order valence-corrected chi connectivity index (χ3v) is 10.4. The molecule has 1 saturated heterocycles. The van der Waals surface area contributed by atoms with Crippen molar-refractivity contribution in [3.05, 3.63) is 123 Å². The molecule has 6 rings (SSSR count). The Labute approximate surface area is 302 Å². The van der Waals surface area contributed by atoms with Crippen molar-refractivity contribution in [2.24, 2.45) is 0 Å². The summed E-state index contributed by atoms with van der Waals surface area (Å²) in [4.78, 5) is 28.9. The number of anilines is 1. The molecular formula is C37H32ClN3O7S2. The molecule has 0 saturated carbocycles. The molecular weight excluding hydrogens is 698 g/mol. The Morgan fingerprint density at radius 2 is 1.64 bits per heavy atom. The lowest BCUT2D eigenvalue weighted by Crippen LogP contribution is -2.29. The number of aromatic nitrogens is 2. The number of ether oxygens (including phenoxy) is 4. The van der Waals surface area contributed by atoms with Gasteiger partial charge in [0, 0.05) is 16.3 Å². The predicted molar refractivity (Wildman–Crippen MR) is 194 cm³/mol. The number of halogens is 1.